The Balaban J connectivity index is 1.72. The van der Waals surface area contributed by atoms with Crippen molar-refractivity contribution < 1.29 is 0 Å². The third-order valence-corrected chi connectivity index (χ3v) is 5.29. The summed E-state index contributed by atoms with van der Waals surface area (Å²) in [6.07, 6.45) is 7.75. The number of piperidine rings is 1. The Labute approximate surface area is 161 Å². The Morgan fingerprint density at radius 3 is 2.22 bits per heavy atom. The van der Waals surface area contributed by atoms with Gasteiger partial charge in [-0.1, -0.05) is 48.5 Å². The summed E-state index contributed by atoms with van der Waals surface area (Å²) in [6, 6.07) is 21.5. The van der Waals surface area contributed by atoms with Crippen LogP contribution in [0.5, 0.6) is 0 Å². The average molecular weight is 358 g/mol. The molecule has 0 spiro atoms. The number of para-hydroxylation sites is 1. The average Bonchev–Trinajstić information content (AvgIpc) is 3.13. The Hall–Kier alpha value is -2.88. The van der Waals surface area contributed by atoms with E-state index in [1.807, 2.05) is 47.3 Å². The fourth-order valence-corrected chi connectivity index (χ4v) is 3.78. The van der Waals surface area contributed by atoms with Gasteiger partial charge in [-0.15, -0.1) is 0 Å². The molecule has 1 aromatic heterocycles. The summed E-state index contributed by atoms with van der Waals surface area (Å²) in [6.45, 7) is 4.52. The van der Waals surface area contributed by atoms with E-state index in [1.54, 1.807) is 0 Å². The van der Waals surface area contributed by atoms with Gasteiger partial charge >= 0.3 is 0 Å². The van der Waals surface area contributed by atoms with Gasteiger partial charge in [-0.05, 0) is 45.2 Å². The van der Waals surface area contributed by atoms with Crippen LogP contribution in [0.25, 0.3) is 16.9 Å². The van der Waals surface area contributed by atoms with Crippen LogP contribution < -0.4 is 0 Å². The van der Waals surface area contributed by atoms with Crippen LogP contribution in [-0.2, 0) is 0 Å². The molecule has 4 rings (SSSR count). The first-order chi connectivity index (χ1) is 13.2. The van der Waals surface area contributed by atoms with E-state index >= 15 is 0 Å². The zero-order valence-electron chi connectivity index (χ0n) is 16.0. The molecule has 1 fully saturated rings. The van der Waals surface area contributed by atoms with Crippen LogP contribution in [0, 0.1) is 0 Å². The number of nitrogens with zero attached hydrogens (tertiary/aromatic N) is 4. The van der Waals surface area contributed by atoms with E-state index in [-0.39, 0.29) is 0 Å². The zero-order valence-corrected chi connectivity index (χ0v) is 16.0. The van der Waals surface area contributed by atoms with E-state index in [0.717, 1.165) is 22.5 Å². The van der Waals surface area contributed by atoms with Crippen LogP contribution in [0.4, 0.5) is 0 Å². The monoisotopic (exact) mass is 358 g/mol. The van der Waals surface area contributed by atoms with Crippen LogP contribution in [0.15, 0.2) is 72.0 Å². The van der Waals surface area contributed by atoms with Crippen LogP contribution in [0.2, 0.25) is 0 Å². The second-order valence-electron chi connectivity index (χ2n) is 7.33. The predicted molar refractivity (Wildman–Crippen MR) is 111 cm³/mol. The molecule has 4 nitrogen and oxygen atoms in total. The SMILES string of the molecule is CC1CCCC(C)N1N=Cc1cn(-c2ccccc2)nc1-c1ccccc1. The van der Waals surface area contributed by atoms with Gasteiger partial charge in [0.05, 0.1) is 11.9 Å². The van der Waals surface area contributed by atoms with Crippen molar-refractivity contribution in [2.75, 3.05) is 0 Å². The fourth-order valence-electron chi connectivity index (χ4n) is 3.78. The summed E-state index contributed by atoms with van der Waals surface area (Å²) >= 11 is 0. The number of aromatic nitrogens is 2. The van der Waals surface area contributed by atoms with Crippen molar-refractivity contribution in [2.45, 2.75) is 45.2 Å². The highest BCUT2D eigenvalue weighted by molar-refractivity contribution is 5.88. The lowest BCUT2D eigenvalue weighted by atomic mass is 10.00. The summed E-state index contributed by atoms with van der Waals surface area (Å²) in [7, 11) is 0. The molecule has 1 saturated heterocycles. The van der Waals surface area contributed by atoms with E-state index < -0.39 is 0 Å². The van der Waals surface area contributed by atoms with Crippen molar-refractivity contribution >= 4 is 6.21 Å². The predicted octanol–water partition coefficient (Wildman–Crippen LogP) is 5.14. The van der Waals surface area contributed by atoms with E-state index in [0.29, 0.717) is 12.1 Å². The first-order valence-electron chi connectivity index (χ1n) is 9.75. The topological polar surface area (TPSA) is 33.4 Å². The normalized spacial score (nSPS) is 20.3. The summed E-state index contributed by atoms with van der Waals surface area (Å²) in [5.41, 5.74) is 4.15. The lowest BCUT2D eigenvalue weighted by Gasteiger charge is -2.36. The second-order valence-corrected chi connectivity index (χ2v) is 7.33. The van der Waals surface area contributed by atoms with Crippen molar-refractivity contribution in [2.24, 2.45) is 5.10 Å². The van der Waals surface area contributed by atoms with Crippen molar-refractivity contribution in [1.29, 1.82) is 0 Å². The van der Waals surface area contributed by atoms with Crippen LogP contribution in [0.3, 0.4) is 0 Å². The molecular weight excluding hydrogens is 332 g/mol. The maximum atomic E-state index is 4.86. The van der Waals surface area contributed by atoms with Crippen molar-refractivity contribution in [1.82, 2.24) is 14.8 Å². The molecule has 4 heteroatoms. The molecule has 27 heavy (non-hydrogen) atoms. The molecule has 2 aromatic carbocycles. The third-order valence-electron chi connectivity index (χ3n) is 5.29. The lowest BCUT2D eigenvalue weighted by molar-refractivity contribution is 0.109. The maximum Gasteiger partial charge on any atom is 0.102 e. The molecule has 1 aliphatic heterocycles. The Bertz CT molecular complexity index is 889. The van der Waals surface area contributed by atoms with E-state index in [4.69, 9.17) is 10.2 Å². The van der Waals surface area contributed by atoms with Crippen LogP contribution in [0.1, 0.15) is 38.7 Å². The van der Waals surface area contributed by atoms with Gasteiger partial charge in [0.2, 0.25) is 0 Å². The molecule has 138 valence electrons. The van der Waals surface area contributed by atoms with Gasteiger partial charge in [-0.25, -0.2) is 4.68 Å². The standard InChI is InChI=1S/C23H26N4/c1-18-10-9-11-19(2)27(18)24-16-21-17-26(22-14-7-4-8-15-22)25-23(21)20-12-5-3-6-13-20/h3-8,12-19H,9-11H2,1-2H3. The number of hydrogen-bond acceptors (Lipinski definition) is 3. The van der Waals surface area contributed by atoms with E-state index in [2.05, 4.69) is 49.3 Å². The molecule has 0 bridgehead atoms. The number of hydrazone groups is 1. The molecule has 0 aliphatic carbocycles. The molecule has 0 radical (unpaired) electrons. The quantitative estimate of drug-likeness (QED) is 0.605. The van der Waals surface area contributed by atoms with Gasteiger partial charge in [0.25, 0.3) is 0 Å². The van der Waals surface area contributed by atoms with Gasteiger partial charge in [-0.3, -0.25) is 5.01 Å². The molecule has 0 N–H and O–H groups in total. The molecule has 1 aliphatic rings. The van der Waals surface area contributed by atoms with Crippen molar-refractivity contribution in [3.63, 3.8) is 0 Å². The van der Waals surface area contributed by atoms with E-state index in [9.17, 15) is 0 Å². The maximum absolute atomic E-state index is 4.86. The minimum Gasteiger partial charge on any atom is -0.292 e. The third kappa shape index (κ3) is 3.80. The largest absolute Gasteiger partial charge is 0.292 e. The Morgan fingerprint density at radius 1 is 0.926 bits per heavy atom. The Morgan fingerprint density at radius 2 is 1.56 bits per heavy atom. The van der Waals surface area contributed by atoms with Gasteiger partial charge < -0.3 is 0 Å². The summed E-state index contributed by atoms with van der Waals surface area (Å²) in [4.78, 5) is 0. The fraction of sp³-hybridized carbons (Fsp3) is 0.304. The molecule has 2 heterocycles. The van der Waals surface area contributed by atoms with Crippen molar-refractivity contribution in [3.05, 3.63) is 72.4 Å². The van der Waals surface area contributed by atoms with Gasteiger partial charge in [0, 0.05) is 29.4 Å². The van der Waals surface area contributed by atoms with Gasteiger partial charge in [-0.2, -0.15) is 10.2 Å². The van der Waals surface area contributed by atoms with Crippen molar-refractivity contribution in [3.8, 4) is 16.9 Å². The summed E-state index contributed by atoms with van der Waals surface area (Å²) in [5, 5.41) is 12.0. The molecule has 2 atom stereocenters. The molecular formula is C23H26N4. The smallest absolute Gasteiger partial charge is 0.102 e. The molecule has 2 unspecified atom stereocenters. The van der Waals surface area contributed by atoms with Gasteiger partial charge in [0.15, 0.2) is 0 Å². The Kier molecular flexibility index (Phi) is 5.05. The first-order valence-corrected chi connectivity index (χ1v) is 9.75. The summed E-state index contributed by atoms with van der Waals surface area (Å²) in [5.74, 6) is 0. The second kappa shape index (κ2) is 7.78. The minimum absolute atomic E-state index is 0.481. The highest BCUT2D eigenvalue weighted by Crippen LogP contribution is 2.25. The van der Waals surface area contributed by atoms with Crippen LogP contribution in [-0.4, -0.2) is 33.1 Å². The highest BCUT2D eigenvalue weighted by atomic mass is 15.5. The summed E-state index contributed by atoms with van der Waals surface area (Å²) < 4.78 is 1.94. The zero-order chi connectivity index (χ0) is 18.6. The number of rotatable bonds is 4. The highest BCUT2D eigenvalue weighted by Gasteiger charge is 2.23. The number of hydrogen-bond donors (Lipinski definition) is 0. The number of benzene rings is 2. The molecule has 3 aromatic rings. The molecule has 0 saturated carbocycles. The van der Waals surface area contributed by atoms with Gasteiger partial charge in [0.1, 0.15) is 5.69 Å². The molecule has 0 amide bonds. The van der Waals surface area contributed by atoms with Crippen LogP contribution >= 0.6 is 0 Å². The minimum atomic E-state index is 0.481. The first kappa shape index (κ1) is 17.5. The van der Waals surface area contributed by atoms with E-state index in [1.165, 1.54) is 19.3 Å². The lowest BCUT2D eigenvalue weighted by Crippen LogP contribution is -2.39.